The van der Waals surface area contributed by atoms with Crippen LogP contribution in [0.5, 0.6) is 0 Å². The molecular weight excluding hydrogens is 294 g/mol. The fourth-order valence-corrected chi connectivity index (χ4v) is 2.13. The van der Waals surface area contributed by atoms with Crippen LogP contribution in [-0.2, 0) is 16.1 Å². The van der Waals surface area contributed by atoms with E-state index >= 15 is 0 Å². The van der Waals surface area contributed by atoms with Gasteiger partial charge in [-0.2, -0.15) is 0 Å². The van der Waals surface area contributed by atoms with Crippen molar-refractivity contribution in [1.82, 2.24) is 16.0 Å². The summed E-state index contributed by atoms with van der Waals surface area (Å²) in [6.45, 7) is 3.75. The van der Waals surface area contributed by atoms with Crippen LogP contribution in [0.1, 0.15) is 45.1 Å². The van der Waals surface area contributed by atoms with Gasteiger partial charge in [-0.1, -0.05) is 56.5 Å². The van der Waals surface area contributed by atoms with Crippen LogP contribution in [0.15, 0.2) is 30.3 Å². The van der Waals surface area contributed by atoms with Gasteiger partial charge in [0.2, 0.25) is 5.91 Å². The van der Waals surface area contributed by atoms with Gasteiger partial charge in [-0.05, 0) is 12.0 Å². The van der Waals surface area contributed by atoms with E-state index in [2.05, 4.69) is 22.9 Å². The Morgan fingerprint density at radius 2 is 1.78 bits per heavy atom. The van der Waals surface area contributed by atoms with Crippen LogP contribution in [0.2, 0.25) is 0 Å². The van der Waals surface area contributed by atoms with Gasteiger partial charge in [0, 0.05) is 13.5 Å². The monoisotopic (exact) mass is 319 g/mol. The summed E-state index contributed by atoms with van der Waals surface area (Å²) in [6.07, 6.45) is 3.33. The number of carbonyl (C=O) groups is 3. The zero-order valence-corrected chi connectivity index (χ0v) is 13.7. The molecule has 1 rings (SSSR count). The molecule has 4 amide bonds. The highest BCUT2D eigenvalue weighted by Gasteiger charge is 2.20. The Kier molecular flexibility index (Phi) is 8.42. The van der Waals surface area contributed by atoms with Crippen molar-refractivity contribution in [2.45, 2.75) is 52.1 Å². The molecule has 6 nitrogen and oxygen atoms in total. The molecule has 0 spiro atoms. The predicted molar refractivity (Wildman–Crippen MR) is 88.6 cm³/mol. The molecule has 0 aliphatic carbocycles. The first-order valence-electron chi connectivity index (χ1n) is 7.92. The minimum atomic E-state index is -0.679. The van der Waals surface area contributed by atoms with E-state index in [4.69, 9.17) is 0 Å². The van der Waals surface area contributed by atoms with Gasteiger partial charge in [-0.3, -0.25) is 14.9 Å². The summed E-state index contributed by atoms with van der Waals surface area (Å²) in [5.74, 6) is -0.770. The first-order valence-corrected chi connectivity index (χ1v) is 7.92. The maximum Gasteiger partial charge on any atom is 0.321 e. The van der Waals surface area contributed by atoms with E-state index in [1.807, 2.05) is 30.3 Å². The third kappa shape index (κ3) is 7.99. The van der Waals surface area contributed by atoms with E-state index in [-0.39, 0.29) is 5.91 Å². The molecule has 1 aromatic rings. The van der Waals surface area contributed by atoms with Crippen LogP contribution in [0.25, 0.3) is 0 Å². The molecule has 0 aliphatic rings. The van der Waals surface area contributed by atoms with Crippen LogP contribution in [0, 0.1) is 0 Å². The van der Waals surface area contributed by atoms with Crippen molar-refractivity contribution in [3.05, 3.63) is 35.9 Å². The minimum absolute atomic E-state index is 0.286. The summed E-state index contributed by atoms with van der Waals surface area (Å²) in [6, 6.07) is 8.16. The Hall–Kier alpha value is -2.37. The second kappa shape index (κ2) is 10.4. The van der Waals surface area contributed by atoms with Gasteiger partial charge in [-0.15, -0.1) is 0 Å². The Morgan fingerprint density at radius 1 is 1.09 bits per heavy atom. The number of nitrogens with one attached hydrogen (secondary N) is 3. The number of hydrogen-bond acceptors (Lipinski definition) is 3. The van der Waals surface area contributed by atoms with E-state index in [9.17, 15) is 14.4 Å². The third-order valence-corrected chi connectivity index (χ3v) is 3.32. The molecule has 23 heavy (non-hydrogen) atoms. The summed E-state index contributed by atoms with van der Waals surface area (Å²) in [5.41, 5.74) is 0.941. The molecule has 0 unspecified atom stereocenters. The van der Waals surface area contributed by atoms with Gasteiger partial charge in [-0.25, -0.2) is 4.79 Å². The lowest BCUT2D eigenvalue weighted by molar-refractivity contribution is -0.127. The molecule has 3 N–H and O–H groups in total. The number of hydrogen-bond donors (Lipinski definition) is 3. The predicted octanol–water partition coefficient (Wildman–Crippen LogP) is 2.10. The highest BCUT2D eigenvalue weighted by Crippen LogP contribution is 2.04. The molecule has 126 valence electrons. The number of amides is 4. The summed E-state index contributed by atoms with van der Waals surface area (Å²) in [5, 5.41) is 7.49. The summed E-state index contributed by atoms with van der Waals surface area (Å²) in [7, 11) is 0. The number of unbranched alkanes of at least 4 members (excludes halogenated alkanes) is 2. The molecule has 0 saturated heterocycles. The molecule has 0 aliphatic heterocycles. The Morgan fingerprint density at radius 3 is 2.39 bits per heavy atom. The number of urea groups is 1. The Balaban J connectivity index is 2.45. The second-order valence-electron chi connectivity index (χ2n) is 5.41. The fraction of sp³-hybridized carbons (Fsp3) is 0.471. The average Bonchev–Trinajstić information content (AvgIpc) is 2.52. The summed E-state index contributed by atoms with van der Waals surface area (Å²) in [4.78, 5) is 35.1. The van der Waals surface area contributed by atoms with Crippen LogP contribution >= 0.6 is 0 Å². The number of carbonyl (C=O) groups excluding carboxylic acids is 3. The van der Waals surface area contributed by atoms with Crippen molar-refractivity contribution in [1.29, 1.82) is 0 Å². The van der Waals surface area contributed by atoms with Crippen LogP contribution < -0.4 is 16.0 Å². The molecule has 0 aromatic heterocycles. The first kappa shape index (κ1) is 18.7. The Labute approximate surface area is 137 Å². The molecule has 6 heteroatoms. The van der Waals surface area contributed by atoms with E-state index < -0.39 is 18.0 Å². The van der Waals surface area contributed by atoms with E-state index in [0.29, 0.717) is 13.0 Å². The lowest BCUT2D eigenvalue weighted by Crippen LogP contribution is -2.50. The van der Waals surface area contributed by atoms with Gasteiger partial charge in [0.1, 0.15) is 6.04 Å². The first-order chi connectivity index (χ1) is 11.0. The largest absolute Gasteiger partial charge is 0.345 e. The van der Waals surface area contributed by atoms with Crippen molar-refractivity contribution in [2.24, 2.45) is 0 Å². The zero-order chi connectivity index (χ0) is 17.1. The van der Waals surface area contributed by atoms with Gasteiger partial charge < -0.3 is 10.6 Å². The SMILES string of the molecule is CCCCC[C@@H](NC(C)=O)C(=O)NC(=O)NCc1ccccc1. The number of rotatable bonds is 8. The van der Waals surface area contributed by atoms with Gasteiger partial charge in [0.15, 0.2) is 0 Å². The maximum atomic E-state index is 12.1. The zero-order valence-electron chi connectivity index (χ0n) is 13.7. The van der Waals surface area contributed by atoms with Crippen molar-refractivity contribution < 1.29 is 14.4 Å². The summed E-state index contributed by atoms with van der Waals surface area (Å²) < 4.78 is 0. The number of imide groups is 1. The lowest BCUT2D eigenvalue weighted by Gasteiger charge is -2.17. The summed E-state index contributed by atoms with van der Waals surface area (Å²) >= 11 is 0. The number of benzene rings is 1. The standard InChI is InChI=1S/C17H25N3O3/c1-3-4-6-11-15(19-13(2)21)16(22)20-17(23)18-12-14-9-7-5-8-10-14/h5,7-10,15H,3-4,6,11-12H2,1-2H3,(H,19,21)(H2,18,20,22,23)/t15-/m1/s1. The highest BCUT2D eigenvalue weighted by atomic mass is 16.2. The van der Waals surface area contributed by atoms with Crippen LogP contribution in [0.4, 0.5) is 4.79 Å². The Bertz CT molecular complexity index is 517. The van der Waals surface area contributed by atoms with E-state index in [1.54, 1.807) is 0 Å². The fourth-order valence-electron chi connectivity index (χ4n) is 2.13. The molecular formula is C17H25N3O3. The molecule has 0 heterocycles. The molecule has 1 aromatic carbocycles. The van der Waals surface area contributed by atoms with Gasteiger partial charge in [0.25, 0.3) is 5.91 Å². The van der Waals surface area contributed by atoms with Crippen molar-refractivity contribution in [3.8, 4) is 0 Å². The van der Waals surface area contributed by atoms with Gasteiger partial charge >= 0.3 is 6.03 Å². The van der Waals surface area contributed by atoms with Crippen molar-refractivity contribution >= 4 is 17.8 Å². The molecule has 0 radical (unpaired) electrons. The smallest absolute Gasteiger partial charge is 0.321 e. The third-order valence-electron chi connectivity index (χ3n) is 3.32. The van der Waals surface area contributed by atoms with Crippen LogP contribution in [-0.4, -0.2) is 23.9 Å². The van der Waals surface area contributed by atoms with Crippen LogP contribution in [0.3, 0.4) is 0 Å². The van der Waals surface area contributed by atoms with E-state index in [1.165, 1.54) is 6.92 Å². The normalized spacial score (nSPS) is 11.4. The minimum Gasteiger partial charge on any atom is -0.345 e. The lowest BCUT2D eigenvalue weighted by atomic mass is 10.1. The maximum absolute atomic E-state index is 12.1. The van der Waals surface area contributed by atoms with Crippen molar-refractivity contribution in [2.75, 3.05) is 0 Å². The topological polar surface area (TPSA) is 87.3 Å². The second-order valence-corrected chi connectivity index (χ2v) is 5.41. The van der Waals surface area contributed by atoms with Gasteiger partial charge in [0.05, 0.1) is 0 Å². The highest BCUT2D eigenvalue weighted by molar-refractivity contribution is 5.98. The van der Waals surface area contributed by atoms with E-state index in [0.717, 1.165) is 24.8 Å². The molecule has 0 saturated carbocycles. The quantitative estimate of drug-likeness (QED) is 0.641. The molecule has 0 bridgehead atoms. The molecule has 0 fully saturated rings. The average molecular weight is 319 g/mol. The van der Waals surface area contributed by atoms with Crippen molar-refractivity contribution in [3.63, 3.8) is 0 Å². The molecule has 1 atom stereocenters.